The van der Waals surface area contributed by atoms with E-state index in [1.807, 2.05) is 12.1 Å². The molecule has 1 aliphatic rings. The van der Waals surface area contributed by atoms with Crippen LogP contribution in [-0.4, -0.2) is 68.8 Å². The molecule has 28 heavy (non-hydrogen) atoms. The van der Waals surface area contributed by atoms with Crippen molar-refractivity contribution in [2.24, 2.45) is 5.73 Å². The van der Waals surface area contributed by atoms with Crippen molar-refractivity contribution in [3.8, 4) is 16.9 Å². The van der Waals surface area contributed by atoms with Crippen molar-refractivity contribution in [1.29, 1.82) is 0 Å². The summed E-state index contributed by atoms with van der Waals surface area (Å²) in [5.74, 6) is 0.456. The van der Waals surface area contributed by atoms with E-state index in [0.717, 1.165) is 45.0 Å². The van der Waals surface area contributed by atoms with Gasteiger partial charge in [0.05, 0.1) is 13.7 Å². The van der Waals surface area contributed by atoms with Crippen LogP contribution >= 0.6 is 0 Å². The van der Waals surface area contributed by atoms with Gasteiger partial charge < -0.3 is 15.2 Å². The molecule has 1 heterocycles. The van der Waals surface area contributed by atoms with Crippen molar-refractivity contribution in [3.63, 3.8) is 0 Å². The number of piperazine rings is 1. The van der Waals surface area contributed by atoms with E-state index >= 15 is 0 Å². The van der Waals surface area contributed by atoms with Gasteiger partial charge in [-0.25, -0.2) is 0 Å². The fraction of sp³-hybridized carbons (Fsp3) is 0.409. The SMILES string of the molecule is COc1ccc(-c2ccccc2CN2CCN(CCOCC(N)=O)CC2)cc1. The molecule has 3 rings (SSSR count). The third-order valence-electron chi connectivity index (χ3n) is 5.07. The van der Waals surface area contributed by atoms with Crippen LogP contribution in [0, 0.1) is 0 Å². The van der Waals surface area contributed by atoms with Crippen LogP contribution in [0.15, 0.2) is 48.5 Å². The van der Waals surface area contributed by atoms with Crippen LogP contribution in [0.4, 0.5) is 0 Å². The number of hydrogen-bond acceptors (Lipinski definition) is 5. The van der Waals surface area contributed by atoms with Crippen molar-refractivity contribution >= 4 is 5.91 Å². The molecule has 150 valence electrons. The minimum absolute atomic E-state index is 0.00209. The highest BCUT2D eigenvalue weighted by molar-refractivity contribution is 5.75. The van der Waals surface area contributed by atoms with Crippen LogP contribution in [0.1, 0.15) is 5.56 Å². The lowest BCUT2D eigenvalue weighted by atomic mass is 9.99. The summed E-state index contributed by atoms with van der Waals surface area (Å²) in [6.07, 6.45) is 0. The number of primary amides is 1. The van der Waals surface area contributed by atoms with Gasteiger partial charge in [-0.2, -0.15) is 0 Å². The molecule has 0 radical (unpaired) electrons. The Morgan fingerprint density at radius 3 is 2.36 bits per heavy atom. The number of hydrogen-bond donors (Lipinski definition) is 1. The van der Waals surface area contributed by atoms with Crippen LogP contribution in [0.25, 0.3) is 11.1 Å². The number of benzene rings is 2. The predicted octanol–water partition coefficient (Wildman–Crippen LogP) is 1.98. The summed E-state index contributed by atoms with van der Waals surface area (Å²) in [6.45, 7) is 6.37. The zero-order valence-electron chi connectivity index (χ0n) is 16.5. The zero-order valence-corrected chi connectivity index (χ0v) is 16.5. The van der Waals surface area contributed by atoms with Gasteiger partial charge in [0.1, 0.15) is 12.4 Å². The lowest BCUT2D eigenvalue weighted by molar-refractivity contribution is -0.122. The Morgan fingerprint density at radius 2 is 1.68 bits per heavy atom. The average molecular weight is 383 g/mol. The van der Waals surface area contributed by atoms with Gasteiger partial charge >= 0.3 is 0 Å². The lowest BCUT2D eigenvalue weighted by Gasteiger charge is -2.35. The van der Waals surface area contributed by atoms with E-state index in [1.54, 1.807) is 7.11 Å². The molecule has 0 spiro atoms. The second-order valence-corrected chi connectivity index (χ2v) is 7.02. The first-order chi connectivity index (χ1) is 13.7. The first-order valence-corrected chi connectivity index (χ1v) is 9.69. The van der Waals surface area contributed by atoms with E-state index in [9.17, 15) is 4.79 Å². The quantitative estimate of drug-likeness (QED) is 0.671. The molecular weight excluding hydrogens is 354 g/mol. The number of carbonyl (C=O) groups is 1. The van der Waals surface area contributed by atoms with Gasteiger partial charge in [-0.3, -0.25) is 14.6 Å². The van der Waals surface area contributed by atoms with Gasteiger partial charge in [-0.1, -0.05) is 36.4 Å². The first-order valence-electron chi connectivity index (χ1n) is 9.69. The van der Waals surface area contributed by atoms with Crippen LogP contribution < -0.4 is 10.5 Å². The highest BCUT2D eigenvalue weighted by Crippen LogP contribution is 2.27. The summed E-state index contributed by atoms with van der Waals surface area (Å²) in [5.41, 5.74) is 8.90. The van der Waals surface area contributed by atoms with Crippen molar-refractivity contribution in [2.75, 3.05) is 53.0 Å². The molecule has 0 unspecified atom stereocenters. The summed E-state index contributed by atoms with van der Waals surface area (Å²) in [7, 11) is 1.69. The van der Waals surface area contributed by atoms with Gasteiger partial charge in [0.15, 0.2) is 0 Å². The molecule has 0 aliphatic carbocycles. The molecule has 6 nitrogen and oxygen atoms in total. The Morgan fingerprint density at radius 1 is 1.00 bits per heavy atom. The number of methoxy groups -OCH3 is 1. The second-order valence-electron chi connectivity index (χ2n) is 7.02. The number of ether oxygens (including phenoxy) is 2. The maximum atomic E-state index is 10.7. The maximum absolute atomic E-state index is 10.7. The van der Waals surface area contributed by atoms with E-state index in [1.165, 1.54) is 16.7 Å². The van der Waals surface area contributed by atoms with E-state index in [-0.39, 0.29) is 6.61 Å². The van der Waals surface area contributed by atoms with Gasteiger partial charge in [0, 0.05) is 39.3 Å². The van der Waals surface area contributed by atoms with Gasteiger partial charge in [-0.15, -0.1) is 0 Å². The monoisotopic (exact) mass is 383 g/mol. The Bertz CT molecular complexity index is 756. The molecule has 2 aromatic rings. The molecule has 0 aromatic heterocycles. The Balaban J connectivity index is 1.53. The molecule has 1 fully saturated rings. The Hall–Kier alpha value is -2.41. The molecule has 0 atom stereocenters. The molecule has 2 aromatic carbocycles. The topological polar surface area (TPSA) is 68.0 Å². The van der Waals surface area contributed by atoms with Crippen LogP contribution in [0.5, 0.6) is 5.75 Å². The lowest BCUT2D eigenvalue weighted by Crippen LogP contribution is -2.46. The number of nitrogens with zero attached hydrogens (tertiary/aromatic N) is 2. The summed E-state index contributed by atoms with van der Waals surface area (Å²) in [6, 6.07) is 16.8. The highest BCUT2D eigenvalue weighted by Gasteiger charge is 2.18. The predicted molar refractivity (Wildman–Crippen MR) is 110 cm³/mol. The fourth-order valence-electron chi connectivity index (χ4n) is 3.49. The third kappa shape index (κ3) is 5.79. The van der Waals surface area contributed by atoms with Crippen molar-refractivity contribution < 1.29 is 14.3 Å². The van der Waals surface area contributed by atoms with E-state index in [2.05, 4.69) is 46.2 Å². The Labute approximate surface area is 166 Å². The molecule has 1 aliphatic heterocycles. The molecule has 1 amide bonds. The normalized spacial score (nSPS) is 15.5. The molecule has 1 saturated heterocycles. The van der Waals surface area contributed by atoms with Gasteiger partial charge in [0.25, 0.3) is 0 Å². The summed E-state index contributed by atoms with van der Waals surface area (Å²) >= 11 is 0. The van der Waals surface area contributed by atoms with Crippen molar-refractivity contribution in [1.82, 2.24) is 9.80 Å². The van der Waals surface area contributed by atoms with Crippen molar-refractivity contribution in [2.45, 2.75) is 6.54 Å². The van der Waals surface area contributed by atoms with Crippen molar-refractivity contribution in [3.05, 3.63) is 54.1 Å². The number of carbonyl (C=O) groups excluding carboxylic acids is 1. The van der Waals surface area contributed by atoms with E-state index in [4.69, 9.17) is 15.2 Å². The summed E-state index contributed by atoms with van der Waals surface area (Å²) < 4.78 is 10.5. The first kappa shape index (κ1) is 20.3. The fourth-order valence-corrected chi connectivity index (χ4v) is 3.49. The smallest absolute Gasteiger partial charge is 0.243 e. The summed E-state index contributed by atoms with van der Waals surface area (Å²) in [4.78, 5) is 15.6. The number of amides is 1. The molecule has 0 bridgehead atoms. The summed E-state index contributed by atoms with van der Waals surface area (Å²) in [5, 5.41) is 0. The standard InChI is InChI=1S/C22H29N3O3/c1-27-20-8-6-18(7-9-20)21-5-3-2-4-19(21)16-25-12-10-24(11-13-25)14-15-28-17-22(23)26/h2-9H,10-17H2,1H3,(H2,23,26). The van der Waals surface area contributed by atoms with Crippen LogP contribution in [0.3, 0.4) is 0 Å². The minimum atomic E-state index is -0.416. The van der Waals surface area contributed by atoms with Crippen LogP contribution in [-0.2, 0) is 16.1 Å². The molecule has 6 heteroatoms. The third-order valence-corrected chi connectivity index (χ3v) is 5.07. The molecule has 0 saturated carbocycles. The molecular formula is C22H29N3O3. The largest absolute Gasteiger partial charge is 0.497 e. The van der Waals surface area contributed by atoms with E-state index < -0.39 is 5.91 Å². The van der Waals surface area contributed by atoms with E-state index in [0.29, 0.717) is 6.61 Å². The maximum Gasteiger partial charge on any atom is 0.243 e. The van der Waals surface area contributed by atoms with Crippen LogP contribution in [0.2, 0.25) is 0 Å². The number of nitrogens with two attached hydrogens (primary N) is 1. The molecule has 2 N–H and O–H groups in total. The minimum Gasteiger partial charge on any atom is -0.497 e. The Kier molecular flexibility index (Phi) is 7.42. The highest BCUT2D eigenvalue weighted by atomic mass is 16.5. The zero-order chi connectivity index (χ0) is 19.8. The average Bonchev–Trinajstić information content (AvgIpc) is 2.73. The number of rotatable bonds is 9. The second kappa shape index (κ2) is 10.2. The van der Waals surface area contributed by atoms with Gasteiger partial charge in [0.2, 0.25) is 5.91 Å². The van der Waals surface area contributed by atoms with Gasteiger partial charge in [-0.05, 0) is 28.8 Å².